The van der Waals surface area contributed by atoms with Gasteiger partial charge in [0, 0.05) is 32.7 Å². The minimum atomic E-state index is 0.263. The molecular formula is C14H26N2O3. The van der Waals surface area contributed by atoms with E-state index in [0.717, 1.165) is 45.6 Å². The van der Waals surface area contributed by atoms with Crippen LogP contribution in [-0.4, -0.2) is 73.4 Å². The van der Waals surface area contributed by atoms with Crippen molar-refractivity contribution in [2.45, 2.75) is 25.7 Å². The van der Waals surface area contributed by atoms with Gasteiger partial charge >= 0.3 is 0 Å². The highest BCUT2D eigenvalue weighted by Gasteiger charge is 2.20. The molecule has 0 aromatic rings. The zero-order chi connectivity index (χ0) is 13.5. The van der Waals surface area contributed by atoms with Gasteiger partial charge in [0.2, 0.25) is 5.91 Å². The summed E-state index contributed by atoms with van der Waals surface area (Å²) >= 11 is 0. The molecule has 1 unspecified atom stereocenters. The maximum Gasteiger partial charge on any atom is 0.222 e. The molecule has 0 aromatic heterocycles. The second-order valence-corrected chi connectivity index (χ2v) is 5.59. The first kappa shape index (κ1) is 14.8. The van der Waals surface area contributed by atoms with Gasteiger partial charge in [0.25, 0.3) is 0 Å². The van der Waals surface area contributed by atoms with E-state index in [1.54, 1.807) is 0 Å². The molecule has 0 aromatic carbocycles. The van der Waals surface area contributed by atoms with E-state index in [2.05, 4.69) is 4.90 Å². The lowest BCUT2D eigenvalue weighted by Crippen LogP contribution is -2.41. The van der Waals surface area contributed by atoms with Crippen LogP contribution in [0.1, 0.15) is 25.7 Å². The number of aliphatic hydroxyl groups excluding tert-OH is 1. The van der Waals surface area contributed by atoms with Gasteiger partial charge in [0.05, 0.1) is 13.2 Å². The highest BCUT2D eigenvalue weighted by molar-refractivity contribution is 5.76. The van der Waals surface area contributed by atoms with Crippen LogP contribution in [0.25, 0.3) is 0 Å². The average molecular weight is 270 g/mol. The largest absolute Gasteiger partial charge is 0.396 e. The number of morpholine rings is 1. The predicted octanol–water partition coefficient (Wildman–Crippen LogP) is 0.330. The predicted molar refractivity (Wildman–Crippen MR) is 72.9 cm³/mol. The lowest BCUT2D eigenvalue weighted by atomic mass is 9.99. The molecule has 0 radical (unpaired) electrons. The average Bonchev–Trinajstić information content (AvgIpc) is 2.48. The number of carbonyl (C=O) groups is 1. The van der Waals surface area contributed by atoms with Gasteiger partial charge in [-0.2, -0.15) is 0 Å². The molecule has 5 nitrogen and oxygen atoms in total. The Balaban J connectivity index is 1.61. The summed E-state index contributed by atoms with van der Waals surface area (Å²) < 4.78 is 5.25. The molecule has 0 bridgehead atoms. The first-order valence-corrected chi connectivity index (χ1v) is 7.48. The molecule has 5 heteroatoms. The summed E-state index contributed by atoms with van der Waals surface area (Å²) in [5, 5.41) is 9.19. The van der Waals surface area contributed by atoms with Crippen LogP contribution in [0, 0.1) is 5.92 Å². The second-order valence-electron chi connectivity index (χ2n) is 5.59. The Morgan fingerprint density at radius 2 is 2.05 bits per heavy atom. The number of nitrogens with zero attached hydrogens (tertiary/aromatic N) is 2. The number of amides is 1. The van der Waals surface area contributed by atoms with Crippen molar-refractivity contribution in [3.05, 3.63) is 0 Å². The maximum atomic E-state index is 12.0. The summed E-state index contributed by atoms with van der Waals surface area (Å²) in [5.74, 6) is 0.697. The van der Waals surface area contributed by atoms with E-state index in [9.17, 15) is 9.90 Å². The molecule has 0 spiro atoms. The minimum Gasteiger partial charge on any atom is -0.396 e. The van der Waals surface area contributed by atoms with Crippen LogP contribution in [-0.2, 0) is 9.53 Å². The fourth-order valence-corrected chi connectivity index (χ4v) is 2.93. The zero-order valence-corrected chi connectivity index (χ0v) is 11.7. The molecule has 2 aliphatic heterocycles. The zero-order valence-electron chi connectivity index (χ0n) is 11.7. The first-order chi connectivity index (χ1) is 9.29. The van der Waals surface area contributed by atoms with E-state index < -0.39 is 0 Å². The number of aliphatic hydroxyl groups is 1. The van der Waals surface area contributed by atoms with Crippen LogP contribution < -0.4 is 0 Å². The highest BCUT2D eigenvalue weighted by Crippen LogP contribution is 2.16. The molecule has 2 heterocycles. The van der Waals surface area contributed by atoms with Crippen molar-refractivity contribution in [3.63, 3.8) is 0 Å². The van der Waals surface area contributed by atoms with E-state index in [-0.39, 0.29) is 5.91 Å². The van der Waals surface area contributed by atoms with Gasteiger partial charge in [0.15, 0.2) is 0 Å². The van der Waals surface area contributed by atoms with Gasteiger partial charge in [-0.05, 0) is 38.3 Å². The van der Waals surface area contributed by atoms with E-state index >= 15 is 0 Å². The maximum absolute atomic E-state index is 12.0. The van der Waals surface area contributed by atoms with Crippen molar-refractivity contribution >= 4 is 5.91 Å². The van der Waals surface area contributed by atoms with Crippen LogP contribution in [0.5, 0.6) is 0 Å². The summed E-state index contributed by atoms with van der Waals surface area (Å²) in [5.41, 5.74) is 0. The standard InChI is InChI=1S/C14H26N2O3/c17-12-13-3-1-5-15(11-13)6-2-4-14(18)16-7-9-19-10-8-16/h13,17H,1-12H2. The molecule has 1 atom stereocenters. The Labute approximate surface area is 115 Å². The summed E-state index contributed by atoms with van der Waals surface area (Å²) in [6, 6.07) is 0. The lowest BCUT2D eigenvalue weighted by molar-refractivity contribution is -0.135. The van der Waals surface area contributed by atoms with Crippen molar-refractivity contribution < 1.29 is 14.6 Å². The van der Waals surface area contributed by atoms with Crippen LogP contribution in [0.4, 0.5) is 0 Å². The van der Waals surface area contributed by atoms with E-state index in [1.165, 1.54) is 6.42 Å². The minimum absolute atomic E-state index is 0.263. The number of rotatable bonds is 5. The summed E-state index contributed by atoms with van der Waals surface area (Å²) in [6.45, 7) is 6.22. The number of hydrogen-bond donors (Lipinski definition) is 1. The van der Waals surface area contributed by atoms with E-state index in [0.29, 0.717) is 32.2 Å². The summed E-state index contributed by atoms with van der Waals surface area (Å²) in [6.07, 6.45) is 3.87. The van der Waals surface area contributed by atoms with E-state index in [4.69, 9.17) is 4.74 Å². The van der Waals surface area contributed by atoms with Crippen molar-refractivity contribution in [2.75, 3.05) is 52.5 Å². The van der Waals surface area contributed by atoms with Crippen molar-refractivity contribution in [1.82, 2.24) is 9.80 Å². The van der Waals surface area contributed by atoms with Gasteiger partial charge in [-0.3, -0.25) is 4.79 Å². The number of hydrogen-bond acceptors (Lipinski definition) is 4. The molecule has 0 aliphatic carbocycles. The van der Waals surface area contributed by atoms with Crippen LogP contribution in [0.3, 0.4) is 0 Å². The van der Waals surface area contributed by atoms with Crippen LogP contribution >= 0.6 is 0 Å². The topological polar surface area (TPSA) is 53.0 Å². The number of piperidine rings is 1. The van der Waals surface area contributed by atoms with Gasteiger partial charge < -0.3 is 19.6 Å². The SMILES string of the molecule is O=C(CCCN1CCCC(CO)C1)N1CCOCC1. The third-order valence-electron chi connectivity index (χ3n) is 4.09. The van der Waals surface area contributed by atoms with Gasteiger partial charge in [-0.1, -0.05) is 0 Å². The molecule has 1 N–H and O–H groups in total. The molecule has 1 amide bonds. The quantitative estimate of drug-likeness (QED) is 0.782. The molecule has 19 heavy (non-hydrogen) atoms. The normalized spacial score (nSPS) is 25.5. The Morgan fingerprint density at radius 3 is 2.79 bits per heavy atom. The Morgan fingerprint density at radius 1 is 1.26 bits per heavy atom. The number of ether oxygens (including phenoxy) is 1. The third-order valence-corrected chi connectivity index (χ3v) is 4.09. The van der Waals surface area contributed by atoms with Crippen molar-refractivity contribution in [3.8, 4) is 0 Å². The second kappa shape index (κ2) is 7.82. The Bertz CT molecular complexity index is 280. The molecule has 2 saturated heterocycles. The van der Waals surface area contributed by atoms with Crippen molar-refractivity contribution in [2.24, 2.45) is 5.92 Å². The lowest BCUT2D eigenvalue weighted by Gasteiger charge is -2.32. The highest BCUT2D eigenvalue weighted by atomic mass is 16.5. The van der Waals surface area contributed by atoms with Crippen LogP contribution in [0.15, 0.2) is 0 Å². The molecule has 2 rings (SSSR count). The number of likely N-dealkylation sites (tertiary alicyclic amines) is 1. The van der Waals surface area contributed by atoms with Crippen molar-refractivity contribution in [1.29, 1.82) is 0 Å². The Hall–Kier alpha value is -0.650. The number of carbonyl (C=O) groups excluding carboxylic acids is 1. The van der Waals surface area contributed by atoms with E-state index in [1.807, 2.05) is 4.90 Å². The summed E-state index contributed by atoms with van der Waals surface area (Å²) in [7, 11) is 0. The smallest absolute Gasteiger partial charge is 0.222 e. The monoisotopic (exact) mass is 270 g/mol. The molecular weight excluding hydrogens is 244 g/mol. The fourth-order valence-electron chi connectivity index (χ4n) is 2.93. The summed E-state index contributed by atoms with van der Waals surface area (Å²) in [4.78, 5) is 16.3. The molecule has 2 aliphatic rings. The molecule has 0 saturated carbocycles. The van der Waals surface area contributed by atoms with Gasteiger partial charge in [0.1, 0.15) is 0 Å². The third kappa shape index (κ3) is 4.75. The Kier molecular flexibility index (Phi) is 6.07. The first-order valence-electron chi connectivity index (χ1n) is 7.48. The molecule has 110 valence electrons. The van der Waals surface area contributed by atoms with Gasteiger partial charge in [-0.25, -0.2) is 0 Å². The van der Waals surface area contributed by atoms with Crippen LogP contribution in [0.2, 0.25) is 0 Å². The van der Waals surface area contributed by atoms with Gasteiger partial charge in [-0.15, -0.1) is 0 Å². The molecule has 2 fully saturated rings. The fraction of sp³-hybridized carbons (Fsp3) is 0.929.